The minimum absolute atomic E-state index is 0.104. The first-order chi connectivity index (χ1) is 13.1. The van der Waals surface area contributed by atoms with Crippen LogP contribution >= 0.6 is 11.8 Å². The lowest BCUT2D eigenvalue weighted by molar-refractivity contribution is -0.346. The number of fused-ring (bicyclic) bond motifs is 1. The van der Waals surface area contributed by atoms with Gasteiger partial charge in [-0.3, -0.25) is 4.79 Å². The fraction of sp³-hybridized carbons (Fsp3) is 0.211. The highest BCUT2D eigenvalue weighted by Gasteiger charge is 2.38. The number of nitrogens with one attached hydrogen (secondary N) is 1. The van der Waals surface area contributed by atoms with Gasteiger partial charge in [-0.1, -0.05) is 22.9 Å². The van der Waals surface area contributed by atoms with E-state index in [9.17, 15) is 4.79 Å². The number of ether oxygens (including phenoxy) is 1. The zero-order valence-corrected chi connectivity index (χ0v) is 15.7. The zero-order chi connectivity index (χ0) is 18.8. The number of nitrogens with zero attached hydrogens (tertiary/aromatic N) is 4. The van der Waals surface area contributed by atoms with Gasteiger partial charge in [0.05, 0.1) is 16.8 Å². The molecule has 0 aromatic heterocycles. The molecule has 27 heavy (non-hydrogen) atoms. The Morgan fingerprint density at radius 3 is 2.89 bits per heavy atom. The Kier molecular flexibility index (Phi) is 4.72. The first-order valence-corrected chi connectivity index (χ1v) is 9.46. The highest BCUT2D eigenvalue weighted by atomic mass is 32.2. The van der Waals surface area contributed by atoms with Crippen LogP contribution < -0.4 is 10.1 Å². The van der Waals surface area contributed by atoms with Crippen LogP contribution in [0.5, 0.6) is 5.75 Å². The van der Waals surface area contributed by atoms with Crippen molar-refractivity contribution in [3.05, 3.63) is 59.7 Å². The second-order valence-electron chi connectivity index (χ2n) is 5.97. The molecule has 0 fully saturated rings. The summed E-state index contributed by atoms with van der Waals surface area (Å²) >= 11 is 1.53. The highest BCUT2D eigenvalue weighted by Crippen LogP contribution is 2.39. The molecule has 1 atom stereocenters. The van der Waals surface area contributed by atoms with E-state index < -0.39 is 0 Å². The van der Waals surface area contributed by atoms with Crippen molar-refractivity contribution in [3.63, 3.8) is 0 Å². The third kappa shape index (κ3) is 3.61. The van der Waals surface area contributed by atoms with E-state index in [2.05, 4.69) is 20.6 Å². The number of azo groups is 2. The molecule has 2 aliphatic heterocycles. The van der Waals surface area contributed by atoms with E-state index in [-0.39, 0.29) is 11.3 Å². The van der Waals surface area contributed by atoms with Gasteiger partial charge in [0.2, 0.25) is 0 Å². The van der Waals surface area contributed by atoms with Gasteiger partial charge in [0, 0.05) is 18.2 Å². The van der Waals surface area contributed by atoms with Crippen LogP contribution in [-0.4, -0.2) is 28.2 Å². The maximum Gasteiger partial charge on any atom is 0.367 e. The van der Waals surface area contributed by atoms with Crippen molar-refractivity contribution in [1.29, 1.82) is 0 Å². The average Bonchev–Trinajstić information content (AvgIpc) is 3.25. The van der Waals surface area contributed by atoms with Gasteiger partial charge in [-0.2, -0.15) is 0 Å². The van der Waals surface area contributed by atoms with Gasteiger partial charge in [-0.05, 0) is 54.6 Å². The molecule has 0 radical (unpaired) electrons. The number of hydrogen-bond acceptors (Lipinski definition) is 6. The monoisotopic (exact) mass is 380 g/mol. The predicted molar refractivity (Wildman–Crippen MR) is 106 cm³/mol. The van der Waals surface area contributed by atoms with Crippen molar-refractivity contribution in [3.8, 4) is 5.75 Å². The number of anilines is 1. The number of hydrogen-bond donors (Lipinski definition) is 1. The van der Waals surface area contributed by atoms with E-state index in [1.54, 1.807) is 16.8 Å². The summed E-state index contributed by atoms with van der Waals surface area (Å²) in [6, 6.07) is 14.8. The molecule has 2 aromatic rings. The maximum atomic E-state index is 12.6. The normalized spacial score (nSPS) is 17.7. The standard InChI is InChI=1S/C19H17N5O2S/c1-3-26-16-9-5-6-13(11-16)17(25)20-15-8-4-7-14(10-15)18-23-24-12(2)21-22-19(24)27-18/h4-11,18H,3H2,1-2H3/p+1. The summed E-state index contributed by atoms with van der Waals surface area (Å²) in [5.74, 6) is 1.26. The molecule has 2 aromatic carbocycles. The third-order valence-corrected chi connectivity index (χ3v) is 5.10. The van der Waals surface area contributed by atoms with Gasteiger partial charge >= 0.3 is 11.0 Å². The van der Waals surface area contributed by atoms with Crippen LogP contribution in [0.15, 0.2) is 63.8 Å². The summed E-state index contributed by atoms with van der Waals surface area (Å²) in [5.41, 5.74) is 2.26. The molecule has 2 heterocycles. The molecule has 7 nitrogen and oxygen atoms in total. The maximum absolute atomic E-state index is 12.6. The zero-order valence-electron chi connectivity index (χ0n) is 14.9. The number of thioether (sulfide) groups is 1. The molecule has 2 aliphatic rings. The molecule has 4 rings (SSSR count). The summed E-state index contributed by atoms with van der Waals surface area (Å²) < 4.78 is 7.21. The number of carbonyl (C=O) groups is 1. The second kappa shape index (κ2) is 7.32. The summed E-state index contributed by atoms with van der Waals surface area (Å²) in [5, 5.41) is 16.3. The smallest absolute Gasteiger partial charge is 0.367 e. The largest absolute Gasteiger partial charge is 0.494 e. The molecular formula is C19H18N5O2S+. The fourth-order valence-electron chi connectivity index (χ4n) is 2.77. The first-order valence-electron chi connectivity index (χ1n) is 8.58. The number of amides is 1. The van der Waals surface area contributed by atoms with Crippen LogP contribution in [-0.2, 0) is 0 Å². The molecule has 0 aliphatic carbocycles. The average molecular weight is 380 g/mol. The Labute approximate surface area is 160 Å². The van der Waals surface area contributed by atoms with Gasteiger partial charge < -0.3 is 10.1 Å². The molecule has 136 valence electrons. The summed E-state index contributed by atoms with van der Waals surface area (Å²) in [6.45, 7) is 4.34. The number of rotatable bonds is 5. The second-order valence-corrected chi connectivity index (χ2v) is 7.02. The van der Waals surface area contributed by atoms with E-state index in [1.165, 1.54) is 11.8 Å². The molecule has 0 bridgehead atoms. The Morgan fingerprint density at radius 2 is 2.07 bits per heavy atom. The van der Waals surface area contributed by atoms with E-state index in [0.717, 1.165) is 22.3 Å². The molecule has 0 spiro atoms. The van der Waals surface area contributed by atoms with E-state index in [1.807, 2.05) is 50.2 Å². The number of amidine groups is 2. The van der Waals surface area contributed by atoms with Crippen LogP contribution in [0.25, 0.3) is 0 Å². The third-order valence-electron chi connectivity index (χ3n) is 4.04. The van der Waals surface area contributed by atoms with E-state index in [0.29, 0.717) is 17.9 Å². The highest BCUT2D eigenvalue weighted by molar-refractivity contribution is 8.13. The molecule has 8 heteroatoms. The van der Waals surface area contributed by atoms with Gasteiger partial charge in [0.15, 0.2) is 5.37 Å². The lowest BCUT2D eigenvalue weighted by Crippen LogP contribution is -2.12. The van der Waals surface area contributed by atoms with Gasteiger partial charge in [0.1, 0.15) is 5.75 Å². The summed E-state index contributed by atoms with van der Waals surface area (Å²) in [4.78, 5) is 12.6. The Hall–Kier alpha value is -3.00. The van der Waals surface area contributed by atoms with Crippen molar-refractivity contribution >= 4 is 34.4 Å². The van der Waals surface area contributed by atoms with Gasteiger partial charge in [-0.25, -0.2) is 0 Å². The SMILES string of the molecule is CCOc1cccc(C(=O)Nc2cccc(C3N=[N+]4C(C)=NN=C4S3)c2)c1. The van der Waals surface area contributed by atoms with Crippen LogP contribution in [0.4, 0.5) is 5.69 Å². The quantitative estimate of drug-likeness (QED) is 0.788. The Balaban J connectivity index is 1.50. The molecule has 0 saturated carbocycles. The lowest BCUT2D eigenvalue weighted by Gasteiger charge is -2.10. The fourth-order valence-corrected chi connectivity index (χ4v) is 3.77. The predicted octanol–water partition coefficient (Wildman–Crippen LogP) is 4.25. The van der Waals surface area contributed by atoms with Gasteiger partial charge in [-0.15, -0.1) is 5.11 Å². The van der Waals surface area contributed by atoms with Crippen LogP contribution in [0.3, 0.4) is 0 Å². The van der Waals surface area contributed by atoms with Crippen molar-refractivity contribution in [2.45, 2.75) is 19.2 Å². The first kappa shape index (κ1) is 17.4. The van der Waals surface area contributed by atoms with Crippen molar-refractivity contribution in [2.24, 2.45) is 15.3 Å². The van der Waals surface area contributed by atoms with Crippen molar-refractivity contribution < 1.29 is 14.2 Å². The van der Waals surface area contributed by atoms with Crippen LogP contribution in [0, 0.1) is 0 Å². The number of carbonyl (C=O) groups excluding carboxylic acids is 1. The molecule has 1 N–H and O–H groups in total. The van der Waals surface area contributed by atoms with Crippen molar-refractivity contribution in [2.75, 3.05) is 11.9 Å². The van der Waals surface area contributed by atoms with Crippen LogP contribution in [0.2, 0.25) is 0 Å². The van der Waals surface area contributed by atoms with Crippen LogP contribution in [0.1, 0.15) is 35.1 Å². The van der Waals surface area contributed by atoms with Gasteiger partial charge in [0.25, 0.3) is 5.91 Å². The number of benzene rings is 2. The molecular weight excluding hydrogens is 362 g/mol. The van der Waals surface area contributed by atoms with E-state index >= 15 is 0 Å². The Bertz CT molecular complexity index is 999. The lowest BCUT2D eigenvalue weighted by atomic mass is 10.1. The minimum atomic E-state index is -0.183. The van der Waals surface area contributed by atoms with Crippen molar-refractivity contribution in [1.82, 2.24) is 0 Å². The van der Waals surface area contributed by atoms with E-state index in [4.69, 9.17) is 4.74 Å². The summed E-state index contributed by atoms with van der Waals surface area (Å²) in [7, 11) is 0. The topological polar surface area (TPSA) is 78.4 Å². The minimum Gasteiger partial charge on any atom is -0.494 e. The molecule has 0 saturated heterocycles. The Morgan fingerprint density at radius 1 is 1.22 bits per heavy atom. The molecule has 1 amide bonds. The summed E-state index contributed by atoms with van der Waals surface area (Å²) in [6.07, 6.45) is 0. The molecule has 1 unspecified atom stereocenters.